The first kappa shape index (κ1) is 13.0. The minimum Gasteiger partial charge on any atom is -0.383 e. The van der Waals surface area contributed by atoms with Gasteiger partial charge >= 0.3 is 0 Å². The van der Waals surface area contributed by atoms with E-state index in [-0.39, 0.29) is 5.02 Å². The van der Waals surface area contributed by atoms with E-state index in [0.29, 0.717) is 5.56 Å². The Morgan fingerprint density at radius 2 is 2.12 bits per heavy atom. The van der Waals surface area contributed by atoms with Crippen LogP contribution in [0.5, 0.6) is 0 Å². The lowest BCUT2D eigenvalue weighted by Gasteiger charge is -2.10. The molecule has 2 rings (SSSR count). The first-order valence-electron chi connectivity index (χ1n) is 4.88. The third kappa shape index (κ3) is 2.71. The van der Waals surface area contributed by atoms with Crippen LogP contribution in [-0.2, 0) is 0 Å². The molecule has 1 N–H and O–H groups in total. The summed E-state index contributed by atoms with van der Waals surface area (Å²) in [4.78, 5) is 1.86. The Kier molecular flexibility index (Phi) is 3.88. The Bertz CT molecular complexity index is 536. The van der Waals surface area contributed by atoms with Crippen molar-refractivity contribution in [3.05, 3.63) is 54.9 Å². The van der Waals surface area contributed by atoms with Crippen molar-refractivity contribution in [1.29, 1.82) is 0 Å². The summed E-state index contributed by atoms with van der Waals surface area (Å²) in [6, 6.07) is 5.85. The summed E-state index contributed by atoms with van der Waals surface area (Å²) in [5.74, 6) is -0.408. The summed E-state index contributed by atoms with van der Waals surface area (Å²) in [6.45, 7) is 1.96. The van der Waals surface area contributed by atoms with Crippen molar-refractivity contribution in [2.45, 2.75) is 13.0 Å². The zero-order valence-corrected chi connectivity index (χ0v) is 12.0. The van der Waals surface area contributed by atoms with Crippen molar-refractivity contribution < 1.29 is 9.50 Å². The lowest BCUT2D eigenvalue weighted by Crippen LogP contribution is -1.98. The molecule has 17 heavy (non-hydrogen) atoms. The van der Waals surface area contributed by atoms with Crippen molar-refractivity contribution >= 4 is 38.9 Å². The highest BCUT2D eigenvalue weighted by molar-refractivity contribution is 9.10. The number of thiophene rings is 1. The molecule has 1 heterocycles. The van der Waals surface area contributed by atoms with Gasteiger partial charge in [-0.1, -0.05) is 17.7 Å². The molecule has 1 unspecified atom stereocenters. The van der Waals surface area contributed by atoms with Crippen LogP contribution in [0.15, 0.2) is 28.7 Å². The molecule has 5 heteroatoms. The third-order valence-electron chi connectivity index (χ3n) is 2.40. The average Bonchev–Trinajstić information content (AvgIpc) is 2.58. The van der Waals surface area contributed by atoms with Gasteiger partial charge in [-0.05, 0) is 41.1 Å². The largest absolute Gasteiger partial charge is 0.383 e. The van der Waals surface area contributed by atoms with Crippen LogP contribution in [0.25, 0.3) is 0 Å². The number of aryl methyl sites for hydroxylation is 1. The van der Waals surface area contributed by atoms with E-state index in [9.17, 15) is 9.50 Å². The normalized spacial score (nSPS) is 12.8. The molecule has 0 bridgehead atoms. The Labute approximate surface area is 116 Å². The molecule has 0 saturated carbocycles. The lowest BCUT2D eigenvalue weighted by molar-refractivity contribution is 0.224. The summed E-state index contributed by atoms with van der Waals surface area (Å²) >= 11 is 10.8. The van der Waals surface area contributed by atoms with Gasteiger partial charge in [-0.3, -0.25) is 0 Å². The number of benzene rings is 1. The molecule has 0 aliphatic heterocycles. The van der Waals surface area contributed by atoms with Crippen LogP contribution >= 0.6 is 38.9 Å². The van der Waals surface area contributed by atoms with E-state index in [1.165, 1.54) is 29.5 Å². The fourth-order valence-corrected chi connectivity index (χ4v) is 3.33. The van der Waals surface area contributed by atoms with E-state index in [2.05, 4.69) is 15.9 Å². The first-order chi connectivity index (χ1) is 7.99. The van der Waals surface area contributed by atoms with Crippen LogP contribution in [0.1, 0.15) is 21.4 Å². The Morgan fingerprint density at radius 3 is 2.65 bits per heavy atom. The fourth-order valence-electron chi connectivity index (χ4n) is 1.49. The molecule has 0 aliphatic carbocycles. The highest BCUT2D eigenvalue weighted by Crippen LogP contribution is 2.36. The summed E-state index contributed by atoms with van der Waals surface area (Å²) in [6.07, 6.45) is -0.821. The van der Waals surface area contributed by atoms with Gasteiger partial charge < -0.3 is 5.11 Å². The van der Waals surface area contributed by atoms with Crippen molar-refractivity contribution in [3.63, 3.8) is 0 Å². The number of hydrogen-bond donors (Lipinski definition) is 1. The van der Waals surface area contributed by atoms with Gasteiger partial charge in [0.1, 0.15) is 11.9 Å². The van der Waals surface area contributed by atoms with Gasteiger partial charge in [0.2, 0.25) is 0 Å². The quantitative estimate of drug-likeness (QED) is 0.844. The summed E-state index contributed by atoms with van der Waals surface area (Å²) in [5.41, 5.74) is 0.516. The maximum Gasteiger partial charge on any atom is 0.124 e. The molecule has 1 aromatic heterocycles. The Balaban J connectivity index is 2.39. The standard InChI is InChI=1S/C12H9BrClFOS/c1-6-9(13)5-11(17-6)12(16)8-3-2-7(15)4-10(8)14/h2-5,12,16H,1H3. The van der Waals surface area contributed by atoms with E-state index in [1.807, 2.05) is 13.0 Å². The molecule has 2 aromatic rings. The SMILES string of the molecule is Cc1sc(C(O)c2ccc(F)cc2Cl)cc1Br. The predicted molar refractivity (Wildman–Crippen MR) is 72.2 cm³/mol. The minimum absolute atomic E-state index is 0.236. The van der Waals surface area contributed by atoms with Crippen molar-refractivity contribution in [3.8, 4) is 0 Å². The van der Waals surface area contributed by atoms with Gasteiger partial charge in [0.05, 0.1) is 0 Å². The fraction of sp³-hybridized carbons (Fsp3) is 0.167. The van der Waals surface area contributed by atoms with Crippen molar-refractivity contribution in [2.24, 2.45) is 0 Å². The zero-order chi connectivity index (χ0) is 12.6. The second-order valence-electron chi connectivity index (χ2n) is 3.62. The highest BCUT2D eigenvalue weighted by atomic mass is 79.9. The molecule has 0 aliphatic rings. The molecule has 90 valence electrons. The molecule has 0 amide bonds. The molecule has 1 aromatic carbocycles. The van der Waals surface area contributed by atoms with E-state index >= 15 is 0 Å². The minimum atomic E-state index is -0.821. The van der Waals surface area contributed by atoms with Crippen LogP contribution in [0.4, 0.5) is 4.39 Å². The van der Waals surface area contributed by atoms with Gasteiger partial charge in [0.25, 0.3) is 0 Å². The highest BCUT2D eigenvalue weighted by Gasteiger charge is 2.17. The summed E-state index contributed by atoms with van der Waals surface area (Å²) < 4.78 is 13.9. The van der Waals surface area contributed by atoms with E-state index < -0.39 is 11.9 Å². The van der Waals surface area contributed by atoms with Crippen LogP contribution < -0.4 is 0 Å². The Morgan fingerprint density at radius 1 is 1.41 bits per heavy atom. The molecule has 0 saturated heterocycles. The van der Waals surface area contributed by atoms with Gasteiger partial charge in [0, 0.05) is 24.8 Å². The average molecular weight is 336 g/mol. The third-order valence-corrected chi connectivity index (χ3v) is 4.92. The Hall–Kier alpha value is -0.420. The molecular weight excluding hydrogens is 327 g/mol. The number of hydrogen-bond acceptors (Lipinski definition) is 2. The van der Waals surface area contributed by atoms with Gasteiger partial charge in [0.15, 0.2) is 0 Å². The molecule has 1 atom stereocenters. The monoisotopic (exact) mass is 334 g/mol. The van der Waals surface area contributed by atoms with Gasteiger partial charge in [-0.25, -0.2) is 4.39 Å². The van der Waals surface area contributed by atoms with Crippen LogP contribution in [-0.4, -0.2) is 5.11 Å². The number of aliphatic hydroxyl groups excluding tert-OH is 1. The molecule has 0 fully saturated rings. The van der Waals surface area contributed by atoms with E-state index in [0.717, 1.165) is 14.2 Å². The van der Waals surface area contributed by atoms with E-state index in [1.54, 1.807) is 0 Å². The summed E-state index contributed by atoms with van der Waals surface area (Å²) in [7, 11) is 0. The molecule has 0 spiro atoms. The molecule has 0 radical (unpaired) electrons. The molecule has 1 nitrogen and oxygen atoms in total. The number of rotatable bonds is 2. The maximum atomic E-state index is 12.9. The first-order valence-corrected chi connectivity index (χ1v) is 6.86. The van der Waals surface area contributed by atoms with Crippen molar-refractivity contribution in [1.82, 2.24) is 0 Å². The predicted octanol–water partition coefficient (Wildman–Crippen LogP) is 4.69. The lowest BCUT2D eigenvalue weighted by atomic mass is 10.1. The number of halogens is 3. The smallest absolute Gasteiger partial charge is 0.124 e. The van der Waals surface area contributed by atoms with Gasteiger partial charge in [-0.2, -0.15) is 0 Å². The van der Waals surface area contributed by atoms with E-state index in [4.69, 9.17) is 11.6 Å². The van der Waals surface area contributed by atoms with Crippen LogP contribution in [0, 0.1) is 12.7 Å². The second kappa shape index (κ2) is 5.06. The van der Waals surface area contributed by atoms with Crippen LogP contribution in [0.2, 0.25) is 5.02 Å². The number of aliphatic hydroxyl groups is 1. The zero-order valence-electron chi connectivity index (χ0n) is 8.88. The second-order valence-corrected chi connectivity index (χ2v) is 6.17. The molecular formula is C12H9BrClFOS. The van der Waals surface area contributed by atoms with Gasteiger partial charge in [-0.15, -0.1) is 11.3 Å². The van der Waals surface area contributed by atoms with Crippen LogP contribution in [0.3, 0.4) is 0 Å². The maximum absolute atomic E-state index is 12.9. The topological polar surface area (TPSA) is 20.2 Å². The summed E-state index contributed by atoms with van der Waals surface area (Å²) in [5, 5.41) is 10.4. The van der Waals surface area contributed by atoms with Crippen molar-refractivity contribution in [2.75, 3.05) is 0 Å².